The van der Waals surface area contributed by atoms with Crippen molar-refractivity contribution in [1.82, 2.24) is 10.3 Å². The van der Waals surface area contributed by atoms with Gasteiger partial charge in [0.25, 0.3) is 5.91 Å². The number of carboxylic acids is 1. The number of aryl methyl sites for hydroxylation is 1. The lowest BCUT2D eigenvalue weighted by atomic mass is 10.2. The molecular formula is C19H22N2O5S. The van der Waals surface area contributed by atoms with E-state index in [2.05, 4.69) is 16.9 Å². The lowest BCUT2D eigenvalue weighted by Gasteiger charge is -2.13. The number of ether oxygens (including phenoxy) is 2. The summed E-state index contributed by atoms with van der Waals surface area (Å²) in [7, 11) is 0. The van der Waals surface area contributed by atoms with Crippen LogP contribution in [0.2, 0.25) is 0 Å². The fraction of sp³-hybridized carbons (Fsp3) is 0.316. The fourth-order valence-electron chi connectivity index (χ4n) is 2.26. The first-order valence-corrected chi connectivity index (χ1v) is 9.20. The Morgan fingerprint density at radius 3 is 2.67 bits per heavy atom. The summed E-state index contributed by atoms with van der Waals surface area (Å²) in [4.78, 5) is 28.6. The normalized spacial score (nSPS) is 11.6. The highest BCUT2D eigenvalue weighted by atomic mass is 32.1. The van der Waals surface area contributed by atoms with Crippen molar-refractivity contribution in [2.45, 2.75) is 19.9 Å². The molecule has 1 atom stereocenters. The van der Waals surface area contributed by atoms with E-state index in [9.17, 15) is 14.7 Å². The highest BCUT2D eigenvalue weighted by molar-refractivity contribution is 7.17. The first-order valence-electron chi connectivity index (χ1n) is 8.39. The quantitative estimate of drug-likeness (QED) is 0.478. The number of aliphatic carboxylic acids is 1. The van der Waals surface area contributed by atoms with E-state index in [4.69, 9.17) is 9.47 Å². The molecule has 0 saturated heterocycles. The summed E-state index contributed by atoms with van der Waals surface area (Å²) in [5.41, 5.74) is 1.40. The number of nitrogens with zero attached hydrogens (tertiary/aromatic N) is 1. The molecule has 0 saturated carbocycles. The Kier molecular flexibility index (Phi) is 7.51. The smallest absolute Gasteiger partial charge is 0.328 e. The van der Waals surface area contributed by atoms with Gasteiger partial charge < -0.3 is 19.9 Å². The molecule has 144 valence electrons. The molecular weight excluding hydrogens is 368 g/mol. The molecule has 0 aliphatic heterocycles. The molecule has 0 aliphatic rings. The van der Waals surface area contributed by atoms with E-state index < -0.39 is 17.9 Å². The van der Waals surface area contributed by atoms with Gasteiger partial charge in [-0.15, -0.1) is 17.9 Å². The number of thiazole rings is 1. The van der Waals surface area contributed by atoms with Crippen molar-refractivity contribution in [2.24, 2.45) is 0 Å². The maximum absolute atomic E-state index is 12.5. The van der Waals surface area contributed by atoms with E-state index in [0.29, 0.717) is 22.2 Å². The van der Waals surface area contributed by atoms with Crippen LogP contribution in [0.3, 0.4) is 0 Å². The number of hydrogen-bond donors (Lipinski definition) is 2. The van der Waals surface area contributed by atoms with E-state index in [-0.39, 0.29) is 13.2 Å². The van der Waals surface area contributed by atoms with Crippen LogP contribution in [0, 0.1) is 6.92 Å². The van der Waals surface area contributed by atoms with Crippen LogP contribution in [0.15, 0.2) is 36.9 Å². The van der Waals surface area contributed by atoms with Crippen LogP contribution in [0.5, 0.6) is 5.75 Å². The van der Waals surface area contributed by atoms with Crippen molar-refractivity contribution in [3.05, 3.63) is 47.5 Å². The van der Waals surface area contributed by atoms with Gasteiger partial charge in [-0.05, 0) is 38.1 Å². The third-order valence-corrected chi connectivity index (χ3v) is 4.74. The van der Waals surface area contributed by atoms with E-state index >= 15 is 0 Å². The zero-order chi connectivity index (χ0) is 19.8. The van der Waals surface area contributed by atoms with Crippen LogP contribution in [0.1, 0.15) is 22.3 Å². The van der Waals surface area contributed by atoms with Crippen LogP contribution in [0.25, 0.3) is 10.6 Å². The highest BCUT2D eigenvalue weighted by Crippen LogP contribution is 2.29. The molecule has 2 N–H and O–H groups in total. The molecule has 1 aromatic heterocycles. The average molecular weight is 390 g/mol. The monoisotopic (exact) mass is 390 g/mol. The number of carbonyl (C=O) groups is 2. The van der Waals surface area contributed by atoms with Crippen LogP contribution < -0.4 is 10.1 Å². The summed E-state index contributed by atoms with van der Waals surface area (Å²) in [5, 5.41) is 12.4. The molecule has 7 nitrogen and oxygen atoms in total. The summed E-state index contributed by atoms with van der Waals surface area (Å²) in [6, 6.07) is 6.27. The van der Waals surface area contributed by atoms with Gasteiger partial charge in [0.15, 0.2) is 6.04 Å². The van der Waals surface area contributed by atoms with Gasteiger partial charge in [-0.25, -0.2) is 9.78 Å². The number of nitrogens with one attached hydrogen (secondary N) is 1. The minimum atomic E-state index is -1.17. The van der Waals surface area contributed by atoms with Crippen molar-refractivity contribution in [2.75, 3.05) is 19.8 Å². The largest absolute Gasteiger partial charge is 0.494 e. The molecule has 27 heavy (non-hydrogen) atoms. The highest BCUT2D eigenvalue weighted by Gasteiger charge is 2.24. The van der Waals surface area contributed by atoms with Crippen LogP contribution in [-0.4, -0.2) is 47.8 Å². The van der Waals surface area contributed by atoms with Gasteiger partial charge in [0.05, 0.1) is 25.5 Å². The van der Waals surface area contributed by atoms with Gasteiger partial charge in [0.1, 0.15) is 15.6 Å². The molecule has 0 bridgehead atoms. The first kappa shape index (κ1) is 20.6. The second-order valence-electron chi connectivity index (χ2n) is 5.58. The maximum atomic E-state index is 12.5. The van der Waals surface area contributed by atoms with Gasteiger partial charge in [-0.2, -0.15) is 0 Å². The van der Waals surface area contributed by atoms with Crippen molar-refractivity contribution >= 4 is 23.2 Å². The van der Waals surface area contributed by atoms with E-state index in [1.165, 1.54) is 17.4 Å². The predicted molar refractivity (Wildman–Crippen MR) is 103 cm³/mol. The second kappa shape index (κ2) is 9.84. The van der Waals surface area contributed by atoms with Gasteiger partial charge in [0, 0.05) is 5.56 Å². The molecule has 0 radical (unpaired) electrons. The second-order valence-corrected chi connectivity index (χ2v) is 6.58. The lowest BCUT2D eigenvalue weighted by Crippen LogP contribution is -2.44. The standard InChI is InChI=1S/C19H22N2O5S/c1-4-10-25-11-15(19(23)24)21-17(22)16-12(3)20-18(27-16)13-6-8-14(9-7-13)26-5-2/h4,6-9,15H,1,5,10-11H2,2-3H3,(H,21,22)(H,23,24). The number of carbonyl (C=O) groups excluding carboxylic acids is 1. The van der Waals surface area contributed by atoms with Crippen molar-refractivity contribution < 1.29 is 24.2 Å². The fourth-order valence-corrected chi connectivity index (χ4v) is 3.23. The molecule has 1 amide bonds. The summed E-state index contributed by atoms with van der Waals surface area (Å²) in [6.07, 6.45) is 1.51. The number of hydrogen-bond acceptors (Lipinski definition) is 6. The Balaban J connectivity index is 2.12. The van der Waals surface area contributed by atoms with Crippen molar-refractivity contribution in [3.63, 3.8) is 0 Å². The number of carboxylic acid groups (broad SMARTS) is 1. The zero-order valence-corrected chi connectivity index (χ0v) is 16.0. The molecule has 0 spiro atoms. The van der Waals surface area contributed by atoms with Gasteiger partial charge >= 0.3 is 5.97 Å². The van der Waals surface area contributed by atoms with Gasteiger partial charge in [-0.1, -0.05) is 6.08 Å². The number of benzene rings is 1. The molecule has 8 heteroatoms. The van der Waals surface area contributed by atoms with Gasteiger partial charge in [-0.3, -0.25) is 4.79 Å². The molecule has 1 heterocycles. The maximum Gasteiger partial charge on any atom is 0.328 e. The number of amides is 1. The molecule has 0 fully saturated rings. The third-order valence-electron chi connectivity index (χ3n) is 3.54. The SMILES string of the molecule is C=CCOCC(NC(=O)c1sc(-c2ccc(OCC)cc2)nc1C)C(=O)O. The third kappa shape index (κ3) is 5.63. The molecule has 1 unspecified atom stereocenters. The Hall–Kier alpha value is -2.71. The zero-order valence-electron chi connectivity index (χ0n) is 15.2. The summed E-state index contributed by atoms with van der Waals surface area (Å²) < 4.78 is 10.6. The minimum Gasteiger partial charge on any atom is -0.494 e. The Morgan fingerprint density at radius 1 is 1.37 bits per heavy atom. The number of rotatable bonds is 10. The van der Waals surface area contributed by atoms with Crippen LogP contribution in [-0.2, 0) is 9.53 Å². The van der Waals surface area contributed by atoms with Crippen molar-refractivity contribution in [3.8, 4) is 16.3 Å². The first-order chi connectivity index (χ1) is 13.0. The predicted octanol–water partition coefficient (Wildman–Crippen LogP) is 2.90. The Bertz CT molecular complexity index is 801. The lowest BCUT2D eigenvalue weighted by molar-refractivity contribution is -0.140. The Labute approximate surface area is 161 Å². The summed E-state index contributed by atoms with van der Waals surface area (Å²) >= 11 is 1.21. The molecule has 2 rings (SSSR count). The van der Waals surface area contributed by atoms with Crippen LogP contribution in [0.4, 0.5) is 0 Å². The summed E-state index contributed by atoms with van der Waals surface area (Å²) in [6.45, 7) is 7.78. The van der Waals surface area contributed by atoms with E-state index in [0.717, 1.165) is 11.3 Å². The topological polar surface area (TPSA) is 97.8 Å². The van der Waals surface area contributed by atoms with E-state index in [1.54, 1.807) is 6.92 Å². The Morgan fingerprint density at radius 2 is 2.07 bits per heavy atom. The average Bonchev–Trinajstić information content (AvgIpc) is 3.03. The minimum absolute atomic E-state index is 0.142. The molecule has 2 aromatic rings. The van der Waals surface area contributed by atoms with Gasteiger partial charge in [0.2, 0.25) is 0 Å². The molecule has 1 aromatic carbocycles. The molecule has 0 aliphatic carbocycles. The van der Waals surface area contributed by atoms with E-state index in [1.807, 2.05) is 31.2 Å². The van der Waals surface area contributed by atoms with Crippen LogP contribution >= 0.6 is 11.3 Å². The van der Waals surface area contributed by atoms with Crippen molar-refractivity contribution in [1.29, 1.82) is 0 Å². The summed E-state index contributed by atoms with van der Waals surface area (Å²) in [5.74, 6) is -0.894. The number of aromatic nitrogens is 1.